The average Bonchev–Trinajstić information content (AvgIpc) is 2.98. The Kier molecular flexibility index (Phi) is 3.34. The van der Waals surface area contributed by atoms with Gasteiger partial charge in [0.25, 0.3) is 5.56 Å². The molecule has 0 bridgehead atoms. The minimum absolute atomic E-state index is 0.0661. The van der Waals surface area contributed by atoms with Crippen LogP contribution >= 0.6 is 11.6 Å². The van der Waals surface area contributed by atoms with E-state index >= 15 is 0 Å². The molecule has 0 aliphatic heterocycles. The van der Waals surface area contributed by atoms with Crippen molar-refractivity contribution in [1.29, 1.82) is 0 Å². The number of pyridine rings is 1. The van der Waals surface area contributed by atoms with Crippen LogP contribution < -0.4 is 10.3 Å². The molecule has 3 aromatic rings. The molecule has 0 atom stereocenters. The van der Waals surface area contributed by atoms with Crippen molar-refractivity contribution in [2.75, 3.05) is 6.61 Å². The van der Waals surface area contributed by atoms with Gasteiger partial charge in [0.1, 0.15) is 17.3 Å². The quantitative estimate of drug-likeness (QED) is 0.689. The van der Waals surface area contributed by atoms with Crippen molar-refractivity contribution in [2.24, 2.45) is 7.05 Å². The molecule has 8 heteroatoms. The van der Waals surface area contributed by atoms with E-state index in [-0.39, 0.29) is 22.5 Å². The lowest BCUT2D eigenvalue weighted by Crippen LogP contribution is -2.21. The van der Waals surface area contributed by atoms with E-state index in [1.807, 2.05) is 0 Å². The summed E-state index contributed by atoms with van der Waals surface area (Å²) in [5, 5.41) is 0.0661. The lowest BCUT2D eigenvalue weighted by Gasteiger charge is -2.12. The summed E-state index contributed by atoms with van der Waals surface area (Å²) in [7, 11) is 1.61. The van der Waals surface area contributed by atoms with Crippen LogP contribution in [0, 0.1) is 0 Å². The molecule has 0 spiro atoms. The molecule has 0 amide bonds. The molecule has 0 radical (unpaired) electrons. The van der Waals surface area contributed by atoms with Crippen molar-refractivity contribution in [3.05, 3.63) is 34.3 Å². The van der Waals surface area contributed by atoms with Gasteiger partial charge in [-0.25, -0.2) is 15.0 Å². The molecule has 3 aromatic heterocycles. The summed E-state index contributed by atoms with van der Waals surface area (Å²) in [4.78, 5) is 24.6. The SMILES string of the molecule is CCOc1c(-c2ncco2)c2nc(Cl)ncc2n(C)c1=O. The van der Waals surface area contributed by atoms with Gasteiger partial charge >= 0.3 is 0 Å². The van der Waals surface area contributed by atoms with E-state index in [4.69, 9.17) is 20.8 Å². The number of nitrogens with zero attached hydrogens (tertiary/aromatic N) is 4. The maximum atomic E-state index is 12.5. The number of rotatable bonds is 3. The molecule has 0 unspecified atom stereocenters. The second-order valence-electron chi connectivity index (χ2n) is 4.21. The predicted octanol–water partition coefficient (Wildman–Crippen LogP) is 2.04. The summed E-state index contributed by atoms with van der Waals surface area (Å²) in [5.41, 5.74) is 1.02. The van der Waals surface area contributed by atoms with E-state index in [2.05, 4.69) is 15.0 Å². The van der Waals surface area contributed by atoms with Crippen molar-refractivity contribution in [2.45, 2.75) is 6.92 Å². The summed E-state index contributed by atoms with van der Waals surface area (Å²) >= 11 is 5.87. The molecular formula is C13H11ClN4O3. The first kappa shape index (κ1) is 13.6. The van der Waals surface area contributed by atoms with Crippen molar-refractivity contribution in [3.8, 4) is 17.2 Å². The number of oxazole rings is 1. The third-order valence-electron chi connectivity index (χ3n) is 3.00. The lowest BCUT2D eigenvalue weighted by molar-refractivity contribution is 0.334. The zero-order valence-electron chi connectivity index (χ0n) is 11.3. The van der Waals surface area contributed by atoms with Gasteiger partial charge in [0, 0.05) is 7.05 Å². The molecule has 108 valence electrons. The van der Waals surface area contributed by atoms with Gasteiger partial charge in [-0.05, 0) is 18.5 Å². The number of fused-ring (bicyclic) bond motifs is 1. The van der Waals surface area contributed by atoms with Crippen LogP contribution in [0.4, 0.5) is 0 Å². The van der Waals surface area contributed by atoms with Gasteiger partial charge in [-0.15, -0.1) is 0 Å². The van der Waals surface area contributed by atoms with E-state index in [0.717, 1.165) is 0 Å². The summed E-state index contributed by atoms with van der Waals surface area (Å²) in [6.45, 7) is 2.11. The molecule has 0 aromatic carbocycles. The Morgan fingerprint density at radius 2 is 2.24 bits per heavy atom. The normalized spacial score (nSPS) is 11.0. The summed E-state index contributed by atoms with van der Waals surface area (Å²) in [6, 6.07) is 0. The van der Waals surface area contributed by atoms with Gasteiger partial charge in [0.05, 0.1) is 24.5 Å². The van der Waals surface area contributed by atoms with Crippen LogP contribution in [-0.2, 0) is 7.05 Å². The summed E-state index contributed by atoms with van der Waals surface area (Å²) in [5.74, 6) is 0.376. The lowest BCUT2D eigenvalue weighted by atomic mass is 10.2. The fourth-order valence-electron chi connectivity index (χ4n) is 2.08. The fraction of sp³-hybridized carbons (Fsp3) is 0.231. The molecule has 7 nitrogen and oxygen atoms in total. The van der Waals surface area contributed by atoms with Crippen molar-refractivity contribution < 1.29 is 9.15 Å². The van der Waals surface area contributed by atoms with Gasteiger partial charge in [-0.2, -0.15) is 0 Å². The van der Waals surface area contributed by atoms with Gasteiger partial charge in [-0.3, -0.25) is 4.79 Å². The first-order chi connectivity index (χ1) is 10.1. The van der Waals surface area contributed by atoms with Crippen LogP contribution in [-0.4, -0.2) is 26.1 Å². The summed E-state index contributed by atoms with van der Waals surface area (Å²) < 4.78 is 12.2. The first-order valence-corrected chi connectivity index (χ1v) is 6.59. The van der Waals surface area contributed by atoms with Gasteiger partial charge in [0.2, 0.25) is 11.2 Å². The highest BCUT2D eigenvalue weighted by Crippen LogP contribution is 2.32. The highest BCUT2D eigenvalue weighted by atomic mass is 35.5. The maximum Gasteiger partial charge on any atom is 0.294 e. The number of hydrogen-bond acceptors (Lipinski definition) is 6. The number of aromatic nitrogens is 4. The number of aryl methyl sites for hydroxylation is 1. The Morgan fingerprint density at radius 3 is 2.90 bits per heavy atom. The largest absolute Gasteiger partial charge is 0.487 e. The van der Waals surface area contributed by atoms with Crippen LogP contribution in [0.15, 0.2) is 27.9 Å². The second-order valence-corrected chi connectivity index (χ2v) is 4.55. The third kappa shape index (κ3) is 2.15. The molecule has 3 rings (SSSR count). The van der Waals surface area contributed by atoms with E-state index in [0.29, 0.717) is 23.2 Å². The smallest absolute Gasteiger partial charge is 0.294 e. The van der Waals surface area contributed by atoms with Gasteiger partial charge in [0.15, 0.2) is 5.75 Å². The highest BCUT2D eigenvalue weighted by molar-refractivity contribution is 6.28. The Hall–Kier alpha value is -2.41. The maximum absolute atomic E-state index is 12.5. The number of hydrogen-bond donors (Lipinski definition) is 0. The summed E-state index contributed by atoms with van der Waals surface area (Å²) in [6.07, 6.45) is 4.38. The fourth-order valence-corrected chi connectivity index (χ4v) is 2.22. The Labute approximate surface area is 124 Å². The van der Waals surface area contributed by atoms with E-state index in [1.54, 1.807) is 14.0 Å². The van der Waals surface area contributed by atoms with Crippen LogP contribution in [0.25, 0.3) is 22.5 Å². The molecule has 21 heavy (non-hydrogen) atoms. The van der Waals surface area contributed by atoms with E-state index in [1.165, 1.54) is 23.2 Å². The third-order valence-corrected chi connectivity index (χ3v) is 3.18. The molecule has 0 aliphatic carbocycles. The van der Waals surface area contributed by atoms with Gasteiger partial charge < -0.3 is 13.7 Å². The molecule has 0 fully saturated rings. The average molecular weight is 307 g/mol. The zero-order chi connectivity index (χ0) is 15.0. The standard InChI is InChI=1S/C13H11ClN4O3/c1-3-20-10-8(11-15-4-5-21-11)9-7(18(2)12(10)19)6-16-13(14)17-9/h4-6H,3H2,1-2H3. The minimum Gasteiger partial charge on any atom is -0.487 e. The number of ether oxygens (including phenoxy) is 1. The minimum atomic E-state index is -0.316. The monoisotopic (exact) mass is 306 g/mol. The van der Waals surface area contributed by atoms with Crippen molar-refractivity contribution in [3.63, 3.8) is 0 Å². The second kappa shape index (κ2) is 5.17. The highest BCUT2D eigenvalue weighted by Gasteiger charge is 2.22. The molecule has 0 N–H and O–H groups in total. The molecule has 3 heterocycles. The predicted molar refractivity (Wildman–Crippen MR) is 76.5 cm³/mol. The number of halogens is 1. The van der Waals surface area contributed by atoms with Crippen molar-refractivity contribution >= 4 is 22.6 Å². The van der Waals surface area contributed by atoms with Crippen LogP contribution in [0.1, 0.15) is 6.92 Å². The molecule has 0 saturated heterocycles. The Bertz CT molecular complexity index is 858. The van der Waals surface area contributed by atoms with Crippen LogP contribution in [0.3, 0.4) is 0 Å². The van der Waals surface area contributed by atoms with E-state index < -0.39 is 0 Å². The zero-order valence-corrected chi connectivity index (χ0v) is 12.1. The van der Waals surface area contributed by atoms with E-state index in [9.17, 15) is 4.79 Å². The first-order valence-electron chi connectivity index (χ1n) is 6.21. The van der Waals surface area contributed by atoms with Crippen LogP contribution in [0.2, 0.25) is 5.28 Å². The molecular weight excluding hydrogens is 296 g/mol. The molecule has 0 aliphatic rings. The van der Waals surface area contributed by atoms with Gasteiger partial charge in [-0.1, -0.05) is 0 Å². The Morgan fingerprint density at radius 1 is 1.43 bits per heavy atom. The Balaban J connectivity index is 2.50. The molecule has 0 saturated carbocycles. The topological polar surface area (TPSA) is 83.0 Å². The van der Waals surface area contributed by atoms with Crippen LogP contribution in [0.5, 0.6) is 5.75 Å². The van der Waals surface area contributed by atoms with Crippen molar-refractivity contribution in [1.82, 2.24) is 19.5 Å².